The highest BCUT2D eigenvalue weighted by Crippen LogP contribution is 2.34. The van der Waals surface area contributed by atoms with Crippen molar-refractivity contribution >= 4 is 40.0 Å². The van der Waals surface area contributed by atoms with Crippen LogP contribution in [0.25, 0.3) is 0 Å². The molecule has 0 bridgehead atoms. The van der Waals surface area contributed by atoms with E-state index < -0.39 is 76.6 Å². The van der Waals surface area contributed by atoms with E-state index in [0.717, 1.165) is 40.2 Å². The molecule has 0 saturated heterocycles. The van der Waals surface area contributed by atoms with Crippen LogP contribution in [0.4, 0.5) is 0 Å². The van der Waals surface area contributed by atoms with Gasteiger partial charge in [-0.25, -0.2) is 0 Å². The Morgan fingerprint density at radius 2 is 0.927 bits per heavy atom. The molecule has 0 aromatic heterocycles. The predicted octanol–water partition coefficient (Wildman–Crippen LogP) is 1.15. The number of aryl methyl sites for hydroxylation is 1. The second kappa shape index (κ2) is 14.9. The predicted molar refractivity (Wildman–Crippen MR) is 136 cm³/mol. The maximum Gasteiger partial charge on any atom is 0.303 e. The van der Waals surface area contributed by atoms with E-state index in [0.29, 0.717) is 0 Å². The van der Waals surface area contributed by atoms with Gasteiger partial charge in [0, 0.05) is 41.2 Å². The van der Waals surface area contributed by atoms with Gasteiger partial charge in [0.2, 0.25) is 0 Å². The number of hydrogen-bond acceptors (Lipinski definition) is 14. The van der Waals surface area contributed by atoms with Gasteiger partial charge in [0.05, 0.1) is 11.5 Å². The zero-order chi connectivity index (χ0) is 30.9. The summed E-state index contributed by atoms with van der Waals surface area (Å²) < 4.78 is 62.6. The van der Waals surface area contributed by atoms with Gasteiger partial charge in [-0.1, -0.05) is 17.7 Å². The summed E-state index contributed by atoms with van der Waals surface area (Å²) in [7, 11) is -4.06. The van der Waals surface area contributed by atoms with Crippen molar-refractivity contribution in [3.8, 4) is 0 Å². The molecular formula is C26H34O14S. The minimum absolute atomic E-state index is 0.00892. The van der Waals surface area contributed by atoms with Crippen molar-refractivity contribution in [1.82, 2.24) is 0 Å². The maximum absolute atomic E-state index is 12.5. The Balaban J connectivity index is 2.35. The normalized spacial score (nSPS) is 24.0. The van der Waals surface area contributed by atoms with Gasteiger partial charge in [0.15, 0.2) is 30.5 Å². The van der Waals surface area contributed by atoms with Crippen LogP contribution in [-0.4, -0.2) is 88.1 Å². The molecule has 14 nitrogen and oxygen atoms in total. The molecule has 1 fully saturated rings. The molecule has 0 heterocycles. The van der Waals surface area contributed by atoms with Gasteiger partial charge in [-0.3, -0.25) is 28.2 Å². The van der Waals surface area contributed by atoms with Crippen LogP contribution in [0.5, 0.6) is 0 Å². The number of esters is 5. The molecular weight excluding hydrogens is 568 g/mol. The molecule has 1 aromatic rings. The molecule has 1 aliphatic carbocycles. The Kier molecular flexibility index (Phi) is 12.2. The smallest absolute Gasteiger partial charge is 0.303 e. The van der Waals surface area contributed by atoms with Crippen LogP contribution in [0.1, 0.15) is 46.6 Å². The fourth-order valence-corrected chi connectivity index (χ4v) is 5.10. The van der Waals surface area contributed by atoms with E-state index in [9.17, 15) is 32.4 Å². The second-order valence-corrected chi connectivity index (χ2v) is 10.8. The average Bonchev–Trinajstić information content (AvgIpc) is 2.83. The highest BCUT2D eigenvalue weighted by molar-refractivity contribution is 7.86. The van der Waals surface area contributed by atoms with Crippen molar-refractivity contribution in [2.45, 2.75) is 89.5 Å². The Labute approximate surface area is 237 Å². The molecule has 6 atom stereocenters. The SMILES string of the molecule is CC(=O)OC1C(OC(C)=O)[C@H](OCCCOS(=O)(=O)c2ccc(C)cc2)[C@@H](OC(C)=O)C(OC(C)=O)[C@H]1OC(C)=O. The monoisotopic (exact) mass is 602 g/mol. The lowest BCUT2D eigenvalue weighted by Gasteiger charge is -2.47. The van der Waals surface area contributed by atoms with E-state index in [1.165, 1.54) is 12.1 Å². The number of benzene rings is 1. The number of carbonyl (C=O) groups is 5. The zero-order valence-corrected chi connectivity index (χ0v) is 24.3. The first kappa shape index (κ1) is 33.6. The molecule has 15 heteroatoms. The van der Waals surface area contributed by atoms with Crippen molar-refractivity contribution in [3.05, 3.63) is 29.8 Å². The molecule has 1 aliphatic rings. The summed E-state index contributed by atoms with van der Waals surface area (Å²) in [5.74, 6) is -4.26. The molecule has 1 saturated carbocycles. The summed E-state index contributed by atoms with van der Waals surface area (Å²) in [6.07, 6.45) is -9.08. The third-order valence-corrected chi connectivity index (χ3v) is 6.93. The van der Waals surface area contributed by atoms with Crippen LogP contribution in [-0.2, 0) is 66.7 Å². The topological polar surface area (TPSA) is 184 Å². The van der Waals surface area contributed by atoms with Crippen LogP contribution in [0.2, 0.25) is 0 Å². The van der Waals surface area contributed by atoms with Gasteiger partial charge in [-0.2, -0.15) is 8.42 Å². The van der Waals surface area contributed by atoms with Crippen LogP contribution in [0.3, 0.4) is 0 Å². The van der Waals surface area contributed by atoms with E-state index in [1.807, 2.05) is 0 Å². The number of carbonyl (C=O) groups excluding carboxylic acids is 5. The third kappa shape index (κ3) is 10.1. The molecule has 3 unspecified atom stereocenters. The first-order valence-corrected chi connectivity index (χ1v) is 14.0. The van der Waals surface area contributed by atoms with Crippen LogP contribution >= 0.6 is 0 Å². The summed E-state index contributed by atoms with van der Waals surface area (Å²) in [5.41, 5.74) is 0.865. The largest absolute Gasteiger partial charge is 0.455 e. The molecule has 0 radical (unpaired) electrons. The lowest BCUT2D eigenvalue weighted by atomic mass is 9.83. The Hall–Kier alpha value is -3.56. The first-order valence-electron chi connectivity index (χ1n) is 12.6. The fraction of sp³-hybridized carbons (Fsp3) is 0.577. The molecule has 228 valence electrons. The van der Waals surface area contributed by atoms with Gasteiger partial charge in [-0.15, -0.1) is 0 Å². The van der Waals surface area contributed by atoms with Crippen LogP contribution < -0.4 is 0 Å². The molecule has 0 amide bonds. The van der Waals surface area contributed by atoms with E-state index in [4.69, 9.17) is 32.6 Å². The zero-order valence-electron chi connectivity index (χ0n) is 23.5. The Bertz CT molecular complexity index is 1170. The summed E-state index contributed by atoms with van der Waals surface area (Å²) in [6.45, 7) is 6.53. The molecule has 1 aromatic carbocycles. The quantitative estimate of drug-likeness (QED) is 0.144. The van der Waals surface area contributed by atoms with Gasteiger partial charge >= 0.3 is 29.8 Å². The van der Waals surface area contributed by atoms with Gasteiger partial charge in [-0.05, 0) is 25.5 Å². The molecule has 0 N–H and O–H groups in total. The maximum atomic E-state index is 12.5. The van der Waals surface area contributed by atoms with Gasteiger partial charge < -0.3 is 28.4 Å². The standard InChI is InChI=1S/C26H34O14S/c1-14-8-10-20(11-9-14)41(32,33)35-13-7-12-34-21-22(36-15(2)27)24(38-17(4)29)26(40-19(6)31)25(39-18(5)30)23(21)37-16(3)28/h8-11,21-26H,7,12-13H2,1-6H3/t21-,22-,23?,24?,25?,26-/m1/s1. The van der Waals surface area contributed by atoms with Crippen molar-refractivity contribution < 1.29 is 65.0 Å². The van der Waals surface area contributed by atoms with Crippen molar-refractivity contribution in [2.24, 2.45) is 0 Å². The summed E-state index contributed by atoms with van der Waals surface area (Å²) in [5, 5.41) is 0. The lowest BCUT2D eigenvalue weighted by molar-refractivity contribution is -0.262. The van der Waals surface area contributed by atoms with Crippen molar-refractivity contribution in [3.63, 3.8) is 0 Å². The Morgan fingerprint density at radius 3 is 1.27 bits per heavy atom. The van der Waals surface area contributed by atoms with E-state index in [1.54, 1.807) is 19.1 Å². The van der Waals surface area contributed by atoms with Crippen molar-refractivity contribution in [2.75, 3.05) is 13.2 Å². The second-order valence-electron chi connectivity index (χ2n) is 9.15. The highest BCUT2D eigenvalue weighted by Gasteiger charge is 2.59. The van der Waals surface area contributed by atoms with E-state index in [2.05, 4.69) is 0 Å². The number of ether oxygens (including phenoxy) is 6. The minimum atomic E-state index is -4.06. The van der Waals surface area contributed by atoms with Crippen LogP contribution in [0, 0.1) is 6.92 Å². The van der Waals surface area contributed by atoms with E-state index >= 15 is 0 Å². The number of hydrogen-bond donors (Lipinski definition) is 0. The first-order chi connectivity index (χ1) is 19.1. The lowest BCUT2D eigenvalue weighted by Crippen LogP contribution is -2.68. The van der Waals surface area contributed by atoms with Gasteiger partial charge in [0.1, 0.15) is 6.10 Å². The Morgan fingerprint density at radius 1 is 0.585 bits per heavy atom. The summed E-state index contributed by atoms with van der Waals surface area (Å²) in [4.78, 5) is 60.0. The van der Waals surface area contributed by atoms with Crippen molar-refractivity contribution in [1.29, 1.82) is 0 Å². The minimum Gasteiger partial charge on any atom is -0.455 e. The summed E-state index contributed by atoms with van der Waals surface area (Å²) >= 11 is 0. The highest BCUT2D eigenvalue weighted by atomic mass is 32.2. The molecule has 41 heavy (non-hydrogen) atoms. The molecule has 0 spiro atoms. The molecule has 2 rings (SSSR count). The molecule has 0 aliphatic heterocycles. The fourth-order valence-electron chi connectivity index (χ4n) is 4.16. The third-order valence-electron chi connectivity index (χ3n) is 5.60. The summed E-state index contributed by atoms with van der Waals surface area (Å²) in [6, 6.07) is 6.05. The van der Waals surface area contributed by atoms with Gasteiger partial charge in [0.25, 0.3) is 10.1 Å². The average molecular weight is 603 g/mol. The van der Waals surface area contributed by atoms with Crippen LogP contribution in [0.15, 0.2) is 29.2 Å². The number of rotatable bonds is 12. The van der Waals surface area contributed by atoms with E-state index in [-0.39, 0.29) is 24.5 Å².